The van der Waals surface area contributed by atoms with Crippen molar-refractivity contribution in [1.82, 2.24) is 0 Å². The van der Waals surface area contributed by atoms with Crippen LogP contribution in [0.3, 0.4) is 0 Å². The van der Waals surface area contributed by atoms with Gasteiger partial charge in [-0.15, -0.1) is 0 Å². The van der Waals surface area contributed by atoms with Crippen molar-refractivity contribution < 1.29 is 0 Å². The van der Waals surface area contributed by atoms with E-state index < -0.39 is 0 Å². The van der Waals surface area contributed by atoms with E-state index in [-0.39, 0.29) is 0 Å². The lowest BCUT2D eigenvalue weighted by molar-refractivity contribution is 0.789. The van der Waals surface area contributed by atoms with Crippen molar-refractivity contribution in [3.63, 3.8) is 0 Å². The quantitative estimate of drug-likeness (QED) is 0.320. The van der Waals surface area contributed by atoms with Gasteiger partial charge in [0.1, 0.15) is 0 Å². The maximum Gasteiger partial charge on any atom is 0.0562 e. The number of benzene rings is 4. The van der Waals surface area contributed by atoms with Gasteiger partial charge < -0.3 is 4.90 Å². The Bertz CT molecular complexity index is 1090. The fourth-order valence-corrected chi connectivity index (χ4v) is 4.11. The molecule has 0 radical (unpaired) electrons. The summed E-state index contributed by atoms with van der Waals surface area (Å²) >= 11 is 12.7. The van der Waals surface area contributed by atoms with E-state index in [4.69, 9.17) is 23.2 Å². The molecule has 0 spiro atoms. The topological polar surface area (TPSA) is 3.24 Å². The first kappa shape index (κ1) is 18.2. The third-order valence-corrected chi connectivity index (χ3v) is 5.80. The second kappa shape index (κ2) is 7.80. The molecule has 0 aliphatic rings. The lowest BCUT2D eigenvalue weighted by Crippen LogP contribution is -2.18. The zero-order valence-corrected chi connectivity index (χ0v) is 16.8. The van der Waals surface area contributed by atoms with Crippen LogP contribution in [0.2, 0.25) is 10.0 Å². The summed E-state index contributed by atoms with van der Waals surface area (Å²) in [6.45, 7) is 0.985. The normalized spacial score (nSPS) is 11.2. The molecule has 0 fully saturated rings. The van der Waals surface area contributed by atoms with E-state index in [1.807, 2.05) is 18.2 Å². The summed E-state index contributed by atoms with van der Waals surface area (Å²) in [5.74, 6) is 0. The highest BCUT2D eigenvalue weighted by Gasteiger charge is 2.09. The van der Waals surface area contributed by atoms with Crippen molar-refractivity contribution in [1.29, 1.82) is 0 Å². The number of hydrogen-bond acceptors (Lipinski definition) is 1. The number of anilines is 1. The van der Waals surface area contributed by atoms with Crippen molar-refractivity contribution in [3.05, 3.63) is 88.4 Å². The minimum absolute atomic E-state index is 0.770. The lowest BCUT2D eigenvalue weighted by atomic mass is 9.97. The Morgan fingerprint density at radius 3 is 2.33 bits per heavy atom. The Balaban J connectivity index is 1.56. The highest BCUT2D eigenvalue weighted by molar-refractivity contribution is 6.40. The molecule has 27 heavy (non-hydrogen) atoms. The first-order valence-electron chi connectivity index (χ1n) is 9.19. The van der Waals surface area contributed by atoms with Crippen molar-refractivity contribution in [2.24, 2.45) is 0 Å². The fourth-order valence-electron chi connectivity index (χ4n) is 3.65. The molecular formula is C24H21Cl2N. The molecule has 136 valence electrons. The molecule has 3 heteroatoms. The summed E-state index contributed by atoms with van der Waals surface area (Å²) < 4.78 is 0. The molecule has 1 nitrogen and oxygen atoms in total. The zero-order chi connectivity index (χ0) is 18.8. The zero-order valence-electron chi connectivity index (χ0n) is 15.3. The average molecular weight is 394 g/mol. The second-order valence-electron chi connectivity index (χ2n) is 6.93. The maximum atomic E-state index is 6.70. The van der Waals surface area contributed by atoms with Gasteiger partial charge in [-0.2, -0.15) is 0 Å². The predicted molar refractivity (Wildman–Crippen MR) is 120 cm³/mol. The van der Waals surface area contributed by atoms with Gasteiger partial charge in [-0.1, -0.05) is 65.7 Å². The molecule has 0 heterocycles. The molecule has 4 aromatic carbocycles. The molecule has 4 aromatic rings. The third kappa shape index (κ3) is 3.76. The van der Waals surface area contributed by atoms with Crippen LogP contribution in [0.5, 0.6) is 0 Å². The summed E-state index contributed by atoms with van der Waals surface area (Å²) in [5.41, 5.74) is 2.54. The molecule has 0 aliphatic carbocycles. The molecule has 4 rings (SSSR count). The van der Waals surface area contributed by atoms with Gasteiger partial charge in [0.05, 0.1) is 5.02 Å². The van der Waals surface area contributed by atoms with E-state index in [9.17, 15) is 0 Å². The van der Waals surface area contributed by atoms with Crippen molar-refractivity contribution >= 4 is 50.4 Å². The van der Waals surface area contributed by atoms with Crippen molar-refractivity contribution in [3.8, 4) is 0 Å². The summed E-state index contributed by atoms with van der Waals surface area (Å²) in [5, 5.41) is 6.33. The van der Waals surface area contributed by atoms with E-state index in [1.165, 1.54) is 22.0 Å². The molecule has 0 saturated carbocycles. The van der Waals surface area contributed by atoms with Crippen LogP contribution in [-0.4, -0.2) is 13.6 Å². The van der Waals surface area contributed by atoms with Gasteiger partial charge >= 0.3 is 0 Å². The predicted octanol–water partition coefficient (Wildman–Crippen LogP) is 7.37. The van der Waals surface area contributed by atoms with E-state index in [0.29, 0.717) is 0 Å². The van der Waals surface area contributed by atoms with Crippen LogP contribution in [0, 0.1) is 0 Å². The van der Waals surface area contributed by atoms with Gasteiger partial charge in [0.15, 0.2) is 0 Å². The first-order valence-corrected chi connectivity index (χ1v) is 9.94. The van der Waals surface area contributed by atoms with E-state index in [2.05, 4.69) is 66.5 Å². The summed E-state index contributed by atoms with van der Waals surface area (Å²) in [6, 6.07) is 25.0. The van der Waals surface area contributed by atoms with Gasteiger partial charge in [0.2, 0.25) is 0 Å². The van der Waals surface area contributed by atoms with Gasteiger partial charge in [0.25, 0.3) is 0 Å². The molecular weight excluding hydrogens is 373 g/mol. The molecule has 0 atom stereocenters. The van der Waals surface area contributed by atoms with Crippen LogP contribution < -0.4 is 4.90 Å². The van der Waals surface area contributed by atoms with Crippen LogP contribution in [0.1, 0.15) is 12.0 Å². The first-order chi connectivity index (χ1) is 13.1. The number of halogens is 2. The van der Waals surface area contributed by atoms with Gasteiger partial charge in [-0.05, 0) is 59.5 Å². The van der Waals surface area contributed by atoms with Crippen LogP contribution in [0.15, 0.2) is 72.8 Å². The van der Waals surface area contributed by atoms with E-state index >= 15 is 0 Å². The Hall–Kier alpha value is -2.22. The Labute approximate surface area is 170 Å². The summed E-state index contributed by atoms with van der Waals surface area (Å²) in [7, 11) is 2.12. The van der Waals surface area contributed by atoms with Crippen LogP contribution in [0.4, 0.5) is 5.69 Å². The molecule has 0 unspecified atom stereocenters. The molecule has 0 amide bonds. The van der Waals surface area contributed by atoms with Gasteiger partial charge in [0, 0.05) is 35.1 Å². The summed E-state index contributed by atoms with van der Waals surface area (Å²) in [6.07, 6.45) is 2.09. The Kier molecular flexibility index (Phi) is 5.24. The minimum atomic E-state index is 0.770. The standard InChI is InChI=1S/C24H21Cl2N/c1-27(20-13-11-19(25)12-14-20)15-5-8-17-7-4-10-22-23(17)16-18-6-2-3-9-21(18)24(22)26/h2-4,6-7,9-14,16H,5,8,15H2,1H3. The van der Waals surface area contributed by atoms with Gasteiger partial charge in [-0.3, -0.25) is 0 Å². The highest BCUT2D eigenvalue weighted by atomic mass is 35.5. The van der Waals surface area contributed by atoms with Crippen molar-refractivity contribution in [2.45, 2.75) is 12.8 Å². The highest BCUT2D eigenvalue weighted by Crippen LogP contribution is 2.34. The molecule has 0 saturated heterocycles. The second-order valence-corrected chi connectivity index (χ2v) is 7.74. The smallest absolute Gasteiger partial charge is 0.0562 e. The number of hydrogen-bond donors (Lipinski definition) is 0. The summed E-state index contributed by atoms with van der Waals surface area (Å²) in [4.78, 5) is 2.27. The SMILES string of the molecule is CN(CCCc1cccc2c(Cl)c3ccccc3cc12)c1ccc(Cl)cc1. The number of nitrogens with zero attached hydrogens (tertiary/aromatic N) is 1. The lowest BCUT2D eigenvalue weighted by Gasteiger charge is -2.19. The molecule has 0 aromatic heterocycles. The molecule has 0 bridgehead atoms. The monoisotopic (exact) mass is 393 g/mol. The van der Waals surface area contributed by atoms with Crippen LogP contribution >= 0.6 is 23.2 Å². The third-order valence-electron chi connectivity index (χ3n) is 5.14. The van der Waals surface area contributed by atoms with Crippen LogP contribution in [-0.2, 0) is 6.42 Å². The molecule has 0 N–H and O–H groups in total. The van der Waals surface area contributed by atoms with Crippen molar-refractivity contribution in [2.75, 3.05) is 18.5 Å². The number of aryl methyl sites for hydroxylation is 1. The number of rotatable bonds is 5. The van der Waals surface area contributed by atoms with E-state index in [0.717, 1.165) is 40.2 Å². The fraction of sp³-hybridized carbons (Fsp3) is 0.167. The molecule has 0 aliphatic heterocycles. The van der Waals surface area contributed by atoms with E-state index in [1.54, 1.807) is 0 Å². The Morgan fingerprint density at radius 2 is 1.52 bits per heavy atom. The van der Waals surface area contributed by atoms with Crippen LogP contribution in [0.25, 0.3) is 21.5 Å². The largest absolute Gasteiger partial charge is 0.375 e. The number of fused-ring (bicyclic) bond motifs is 2. The maximum absolute atomic E-state index is 6.70. The van der Waals surface area contributed by atoms with Gasteiger partial charge in [-0.25, -0.2) is 0 Å². The Morgan fingerprint density at radius 1 is 0.778 bits per heavy atom. The average Bonchev–Trinajstić information content (AvgIpc) is 2.69. The minimum Gasteiger partial charge on any atom is -0.375 e.